The van der Waals surface area contributed by atoms with Crippen LogP contribution >= 0.6 is 11.3 Å². The van der Waals surface area contributed by atoms with E-state index in [0.29, 0.717) is 16.1 Å². The fourth-order valence-corrected chi connectivity index (χ4v) is 3.96. The van der Waals surface area contributed by atoms with Crippen LogP contribution in [-0.4, -0.2) is 18.0 Å². The van der Waals surface area contributed by atoms with E-state index in [-0.39, 0.29) is 5.56 Å². The van der Waals surface area contributed by atoms with Crippen molar-refractivity contribution in [3.8, 4) is 17.0 Å². The van der Waals surface area contributed by atoms with Crippen molar-refractivity contribution >= 4 is 33.3 Å². The van der Waals surface area contributed by atoms with Crippen molar-refractivity contribution in [3.05, 3.63) is 75.0 Å². The monoisotopic (exact) mass is 406 g/mol. The Morgan fingerprint density at radius 3 is 2.69 bits per heavy atom. The van der Waals surface area contributed by atoms with Gasteiger partial charge in [-0.05, 0) is 49.7 Å². The van der Waals surface area contributed by atoms with E-state index in [1.54, 1.807) is 25.3 Å². The molecule has 2 aromatic carbocycles. The molecule has 29 heavy (non-hydrogen) atoms. The highest BCUT2D eigenvalue weighted by atomic mass is 32.1. The van der Waals surface area contributed by atoms with Gasteiger partial charge < -0.3 is 9.15 Å². The molecule has 0 saturated heterocycles. The Bertz CT molecular complexity index is 1290. The first kappa shape index (κ1) is 18.9. The summed E-state index contributed by atoms with van der Waals surface area (Å²) in [5.41, 5.74) is 2.41. The molecule has 0 unspecified atom stereocenters. The van der Waals surface area contributed by atoms with Gasteiger partial charge in [0.2, 0.25) is 0 Å². The number of amides is 1. The molecular weight excluding hydrogens is 388 g/mol. The van der Waals surface area contributed by atoms with Gasteiger partial charge in [0.05, 0.1) is 12.8 Å². The van der Waals surface area contributed by atoms with Crippen LogP contribution in [0.5, 0.6) is 5.75 Å². The lowest BCUT2D eigenvalue weighted by atomic mass is 10.1. The molecule has 0 radical (unpaired) electrons. The number of fused-ring (bicyclic) bond motifs is 1. The lowest BCUT2D eigenvalue weighted by Crippen LogP contribution is -2.20. The summed E-state index contributed by atoms with van der Waals surface area (Å²) < 4.78 is 10.5. The summed E-state index contributed by atoms with van der Waals surface area (Å²) in [7, 11) is 1.63. The predicted molar refractivity (Wildman–Crippen MR) is 114 cm³/mol. The molecule has 0 spiro atoms. The summed E-state index contributed by atoms with van der Waals surface area (Å²) in [5.74, 6) is 0.258. The Morgan fingerprint density at radius 1 is 1.14 bits per heavy atom. The highest BCUT2D eigenvalue weighted by Gasteiger charge is 2.17. The Balaban J connectivity index is 1.63. The van der Waals surface area contributed by atoms with Crippen LogP contribution in [0, 0.1) is 13.8 Å². The van der Waals surface area contributed by atoms with E-state index in [9.17, 15) is 9.59 Å². The van der Waals surface area contributed by atoms with Crippen molar-refractivity contribution in [1.82, 2.24) is 4.98 Å². The second-order valence-corrected chi connectivity index (χ2v) is 7.75. The van der Waals surface area contributed by atoms with E-state index in [1.165, 1.54) is 17.4 Å². The summed E-state index contributed by atoms with van der Waals surface area (Å²) in [6.07, 6.45) is 0. The maximum atomic E-state index is 12.7. The van der Waals surface area contributed by atoms with Crippen molar-refractivity contribution in [1.29, 1.82) is 0 Å². The minimum Gasteiger partial charge on any atom is -0.496 e. The average Bonchev–Trinajstić information content (AvgIpc) is 3.07. The van der Waals surface area contributed by atoms with Crippen LogP contribution in [0.3, 0.4) is 0 Å². The number of carbonyl (C=O) groups excluding carboxylic acids is 1. The van der Waals surface area contributed by atoms with Gasteiger partial charge in [0.1, 0.15) is 16.9 Å². The molecule has 2 heterocycles. The van der Waals surface area contributed by atoms with E-state index in [1.807, 2.05) is 38.1 Å². The molecule has 0 fully saturated rings. The number of methoxy groups -OCH3 is 1. The average molecular weight is 406 g/mol. The summed E-state index contributed by atoms with van der Waals surface area (Å²) in [4.78, 5) is 30.4. The topological polar surface area (TPSA) is 81.4 Å². The van der Waals surface area contributed by atoms with Gasteiger partial charge in [-0.2, -0.15) is 0 Å². The molecule has 1 amide bonds. The number of hydrogen-bond acceptors (Lipinski definition) is 6. The summed E-state index contributed by atoms with van der Waals surface area (Å²) in [6, 6.07) is 14.4. The number of anilines is 1. The Kier molecular flexibility index (Phi) is 4.90. The van der Waals surface area contributed by atoms with Crippen LogP contribution in [0.25, 0.3) is 22.2 Å². The molecule has 0 bridgehead atoms. The van der Waals surface area contributed by atoms with Crippen LogP contribution in [0.2, 0.25) is 0 Å². The number of aryl methyl sites for hydroxylation is 2. The van der Waals surface area contributed by atoms with Crippen molar-refractivity contribution in [2.45, 2.75) is 13.8 Å². The highest BCUT2D eigenvalue weighted by molar-refractivity contribution is 7.16. The third kappa shape index (κ3) is 3.64. The number of rotatable bonds is 4. The molecule has 1 N–H and O–H groups in total. The largest absolute Gasteiger partial charge is 0.496 e. The van der Waals surface area contributed by atoms with Crippen molar-refractivity contribution in [2.75, 3.05) is 12.4 Å². The zero-order valence-electron chi connectivity index (χ0n) is 16.1. The van der Waals surface area contributed by atoms with Crippen LogP contribution in [0.15, 0.2) is 57.7 Å². The Hall–Kier alpha value is -3.45. The standard InChI is InChI=1S/C22H18N2O4S/c1-12-10-15(8-9-17(12)27-3)19-13(2)29-22(23-19)24-20(25)16-11-14-6-4-5-7-18(14)28-21(16)26/h4-11H,1-3H3,(H,23,24,25). The second kappa shape index (κ2) is 7.52. The quantitative estimate of drug-likeness (QED) is 0.493. The highest BCUT2D eigenvalue weighted by Crippen LogP contribution is 2.33. The van der Waals surface area contributed by atoms with Gasteiger partial charge in [0.25, 0.3) is 5.91 Å². The third-order valence-electron chi connectivity index (χ3n) is 4.57. The molecule has 4 aromatic rings. The number of para-hydroxylation sites is 1. The molecule has 0 saturated carbocycles. The molecule has 0 atom stereocenters. The van der Waals surface area contributed by atoms with E-state index >= 15 is 0 Å². The Morgan fingerprint density at radius 2 is 1.93 bits per heavy atom. The van der Waals surface area contributed by atoms with Gasteiger partial charge in [0.15, 0.2) is 5.13 Å². The summed E-state index contributed by atoms with van der Waals surface area (Å²) >= 11 is 1.35. The SMILES string of the molecule is COc1ccc(-c2nc(NC(=O)c3cc4ccccc4oc3=O)sc2C)cc1C. The normalized spacial score (nSPS) is 10.9. The van der Waals surface area contributed by atoms with Gasteiger partial charge in [-0.15, -0.1) is 11.3 Å². The number of hydrogen-bond donors (Lipinski definition) is 1. The maximum Gasteiger partial charge on any atom is 0.349 e. The summed E-state index contributed by atoms with van der Waals surface area (Å²) in [5, 5.41) is 3.82. The first-order chi connectivity index (χ1) is 14.0. The molecule has 2 aromatic heterocycles. The molecule has 6 nitrogen and oxygen atoms in total. The number of ether oxygens (including phenoxy) is 1. The van der Waals surface area contributed by atoms with E-state index in [0.717, 1.165) is 27.4 Å². The minimum absolute atomic E-state index is 0.0570. The fraction of sp³-hybridized carbons (Fsp3) is 0.136. The van der Waals surface area contributed by atoms with E-state index < -0.39 is 11.5 Å². The van der Waals surface area contributed by atoms with Crippen LogP contribution in [0.4, 0.5) is 5.13 Å². The smallest absolute Gasteiger partial charge is 0.349 e. The van der Waals surface area contributed by atoms with Crippen LogP contribution < -0.4 is 15.7 Å². The number of nitrogens with one attached hydrogen (secondary N) is 1. The molecule has 7 heteroatoms. The molecular formula is C22H18N2O4S. The minimum atomic E-state index is -0.680. The van der Waals surface area contributed by atoms with Crippen molar-refractivity contribution in [2.24, 2.45) is 0 Å². The van der Waals surface area contributed by atoms with Crippen LogP contribution in [0.1, 0.15) is 20.8 Å². The lowest BCUT2D eigenvalue weighted by Gasteiger charge is -2.06. The van der Waals surface area contributed by atoms with E-state index in [4.69, 9.17) is 9.15 Å². The molecule has 0 aliphatic rings. The number of aromatic nitrogens is 1. The number of benzene rings is 2. The molecule has 0 aliphatic heterocycles. The number of carbonyl (C=O) groups is 1. The van der Waals surface area contributed by atoms with Gasteiger partial charge in [-0.1, -0.05) is 18.2 Å². The van der Waals surface area contributed by atoms with Gasteiger partial charge in [0, 0.05) is 15.8 Å². The van der Waals surface area contributed by atoms with Gasteiger partial charge in [-0.25, -0.2) is 9.78 Å². The van der Waals surface area contributed by atoms with Crippen molar-refractivity contribution in [3.63, 3.8) is 0 Å². The van der Waals surface area contributed by atoms with Crippen molar-refractivity contribution < 1.29 is 13.9 Å². The first-order valence-electron chi connectivity index (χ1n) is 8.93. The number of nitrogens with zero attached hydrogens (tertiary/aromatic N) is 1. The van der Waals surface area contributed by atoms with Crippen LogP contribution in [-0.2, 0) is 0 Å². The zero-order chi connectivity index (χ0) is 20.5. The second-order valence-electron chi connectivity index (χ2n) is 6.55. The Labute approximate surface area is 170 Å². The molecule has 4 rings (SSSR count). The molecule has 146 valence electrons. The zero-order valence-corrected chi connectivity index (χ0v) is 16.9. The van der Waals surface area contributed by atoms with E-state index in [2.05, 4.69) is 10.3 Å². The van der Waals surface area contributed by atoms with Gasteiger partial charge in [-0.3, -0.25) is 10.1 Å². The number of thiazole rings is 1. The third-order valence-corrected chi connectivity index (χ3v) is 5.46. The maximum absolute atomic E-state index is 12.7. The fourth-order valence-electron chi connectivity index (χ4n) is 3.13. The first-order valence-corrected chi connectivity index (χ1v) is 9.74. The van der Waals surface area contributed by atoms with Gasteiger partial charge >= 0.3 is 5.63 Å². The predicted octanol–water partition coefficient (Wildman–Crippen LogP) is 4.79. The lowest BCUT2D eigenvalue weighted by molar-refractivity contribution is 0.102. The molecule has 0 aliphatic carbocycles. The summed E-state index contributed by atoms with van der Waals surface area (Å²) in [6.45, 7) is 3.90.